The predicted molar refractivity (Wildman–Crippen MR) is 97.8 cm³/mol. The lowest BCUT2D eigenvalue weighted by atomic mass is 9.97. The second kappa shape index (κ2) is 8.76. The van der Waals surface area contributed by atoms with Crippen LogP contribution in [0.15, 0.2) is 48.5 Å². The van der Waals surface area contributed by atoms with E-state index < -0.39 is 5.97 Å². The molecule has 0 aromatic heterocycles. The number of benzene rings is 2. The normalized spacial score (nSPS) is 11.2. The van der Waals surface area contributed by atoms with Crippen molar-refractivity contribution >= 4 is 34.7 Å². The average Bonchev–Trinajstić information content (AvgIpc) is 2.53. The van der Waals surface area contributed by atoms with Crippen molar-refractivity contribution in [3.8, 4) is 5.75 Å². The summed E-state index contributed by atoms with van der Waals surface area (Å²) in [5.74, 6) is 0.346. The molecule has 0 N–H and O–H groups in total. The van der Waals surface area contributed by atoms with E-state index in [1.807, 2.05) is 31.2 Å². The SMILES string of the molecule is CCOC(=O)C=C(c1ccc(OCC)cc1)c1cc(Cl)cc(Cl)c1. The summed E-state index contributed by atoms with van der Waals surface area (Å²) >= 11 is 12.2. The number of esters is 1. The Bertz CT molecular complexity index is 717. The Morgan fingerprint density at radius 1 is 0.958 bits per heavy atom. The van der Waals surface area contributed by atoms with E-state index in [2.05, 4.69) is 0 Å². The molecule has 2 aromatic carbocycles. The Labute approximate surface area is 151 Å². The molecular weight excluding hydrogens is 347 g/mol. The molecule has 0 aliphatic carbocycles. The molecule has 0 unspecified atom stereocenters. The third-order valence-electron chi connectivity index (χ3n) is 3.20. The van der Waals surface area contributed by atoms with Crippen LogP contribution in [0.4, 0.5) is 0 Å². The van der Waals surface area contributed by atoms with Gasteiger partial charge in [0.2, 0.25) is 0 Å². The van der Waals surface area contributed by atoms with Gasteiger partial charge >= 0.3 is 5.97 Å². The zero-order valence-electron chi connectivity index (χ0n) is 13.5. The van der Waals surface area contributed by atoms with Gasteiger partial charge < -0.3 is 9.47 Å². The summed E-state index contributed by atoms with van der Waals surface area (Å²) < 4.78 is 10.5. The molecule has 0 amide bonds. The second-order valence-corrected chi connectivity index (χ2v) is 5.80. The van der Waals surface area contributed by atoms with E-state index in [1.54, 1.807) is 25.1 Å². The number of carbonyl (C=O) groups excluding carboxylic acids is 1. The predicted octanol–water partition coefficient (Wildman–Crippen LogP) is 5.39. The second-order valence-electron chi connectivity index (χ2n) is 4.93. The fourth-order valence-electron chi connectivity index (χ4n) is 2.24. The van der Waals surface area contributed by atoms with E-state index in [9.17, 15) is 4.79 Å². The minimum absolute atomic E-state index is 0.308. The van der Waals surface area contributed by atoms with E-state index >= 15 is 0 Å². The zero-order chi connectivity index (χ0) is 17.5. The Morgan fingerprint density at radius 3 is 2.12 bits per heavy atom. The van der Waals surface area contributed by atoms with Crippen molar-refractivity contribution in [1.29, 1.82) is 0 Å². The molecule has 0 aliphatic heterocycles. The van der Waals surface area contributed by atoms with Gasteiger partial charge in [0.05, 0.1) is 13.2 Å². The molecule has 3 nitrogen and oxygen atoms in total. The van der Waals surface area contributed by atoms with Gasteiger partial charge in [0.15, 0.2) is 0 Å². The maximum Gasteiger partial charge on any atom is 0.331 e. The smallest absolute Gasteiger partial charge is 0.331 e. The highest BCUT2D eigenvalue weighted by Gasteiger charge is 2.11. The quantitative estimate of drug-likeness (QED) is 0.509. The third-order valence-corrected chi connectivity index (χ3v) is 3.64. The van der Waals surface area contributed by atoms with Crippen LogP contribution < -0.4 is 4.74 Å². The summed E-state index contributed by atoms with van der Waals surface area (Å²) in [5, 5.41) is 0.997. The molecule has 0 spiro atoms. The van der Waals surface area contributed by atoms with Crippen LogP contribution in [0.25, 0.3) is 5.57 Å². The van der Waals surface area contributed by atoms with Crippen molar-refractivity contribution in [3.63, 3.8) is 0 Å². The molecule has 0 atom stereocenters. The molecular formula is C19H18Cl2O3. The maximum atomic E-state index is 12.0. The Balaban J connectivity index is 2.48. The first kappa shape index (κ1) is 18.4. The monoisotopic (exact) mass is 364 g/mol. The molecule has 2 aromatic rings. The molecule has 126 valence electrons. The largest absolute Gasteiger partial charge is 0.494 e. The Morgan fingerprint density at radius 2 is 1.58 bits per heavy atom. The minimum Gasteiger partial charge on any atom is -0.494 e. The number of rotatable bonds is 6. The molecule has 0 aliphatic rings. The van der Waals surface area contributed by atoms with Crippen LogP contribution >= 0.6 is 23.2 Å². The topological polar surface area (TPSA) is 35.5 Å². The molecule has 0 saturated heterocycles. The van der Waals surface area contributed by atoms with Crippen LogP contribution in [0.5, 0.6) is 5.75 Å². The Kier molecular flexibility index (Phi) is 6.71. The highest BCUT2D eigenvalue weighted by molar-refractivity contribution is 6.35. The summed E-state index contributed by atoms with van der Waals surface area (Å²) in [6.45, 7) is 4.59. The standard InChI is InChI=1S/C19H18Cl2O3/c1-3-23-17-7-5-13(6-8-17)18(12-19(22)24-4-2)14-9-15(20)11-16(21)10-14/h5-12H,3-4H2,1-2H3. The molecule has 0 fully saturated rings. The minimum atomic E-state index is -0.419. The van der Waals surface area contributed by atoms with Gasteiger partial charge in [0, 0.05) is 16.1 Å². The number of hydrogen-bond donors (Lipinski definition) is 0. The van der Waals surface area contributed by atoms with Gasteiger partial charge in [-0.05, 0) is 60.9 Å². The van der Waals surface area contributed by atoms with E-state index in [0.29, 0.717) is 28.8 Å². The summed E-state index contributed by atoms with van der Waals surface area (Å²) in [7, 11) is 0. The fraction of sp³-hybridized carbons (Fsp3) is 0.211. The van der Waals surface area contributed by atoms with Crippen molar-refractivity contribution in [2.75, 3.05) is 13.2 Å². The van der Waals surface area contributed by atoms with Crippen molar-refractivity contribution in [1.82, 2.24) is 0 Å². The Hall–Kier alpha value is -1.97. The lowest BCUT2D eigenvalue weighted by Crippen LogP contribution is -2.02. The van der Waals surface area contributed by atoms with E-state index in [0.717, 1.165) is 16.9 Å². The van der Waals surface area contributed by atoms with Crippen molar-refractivity contribution < 1.29 is 14.3 Å². The molecule has 2 rings (SSSR count). The van der Waals surface area contributed by atoms with Gasteiger partial charge in [-0.1, -0.05) is 35.3 Å². The first-order valence-electron chi connectivity index (χ1n) is 7.61. The number of hydrogen-bond acceptors (Lipinski definition) is 3. The molecule has 24 heavy (non-hydrogen) atoms. The van der Waals surface area contributed by atoms with Gasteiger partial charge in [-0.15, -0.1) is 0 Å². The first-order valence-corrected chi connectivity index (χ1v) is 8.37. The van der Waals surface area contributed by atoms with Crippen LogP contribution in [0.2, 0.25) is 10.0 Å². The molecule has 0 radical (unpaired) electrons. The highest BCUT2D eigenvalue weighted by Crippen LogP contribution is 2.30. The van der Waals surface area contributed by atoms with Gasteiger partial charge in [-0.3, -0.25) is 0 Å². The molecule has 0 bridgehead atoms. The average molecular weight is 365 g/mol. The van der Waals surface area contributed by atoms with Crippen LogP contribution in [-0.2, 0) is 9.53 Å². The fourth-order valence-corrected chi connectivity index (χ4v) is 2.77. The van der Waals surface area contributed by atoms with E-state index in [1.165, 1.54) is 6.08 Å². The summed E-state index contributed by atoms with van der Waals surface area (Å²) in [4.78, 5) is 12.0. The first-order chi connectivity index (χ1) is 11.5. The van der Waals surface area contributed by atoms with Gasteiger partial charge in [-0.25, -0.2) is 4.79 Å². The van der Waals surface area contributed by atoms with Crippen molar-refractivity contribution in [2.45, 2.75) is 13.8 Å². The molecule has 0 heterocycles. The van der Waals surface area contributed by atoms with Gasteiger partial charge in [0.25, 0.3) is 0 Å². The van der Waals surface area contributed by atoms with Gasteiger partial charge in [0.1, 0.15) is 5.75 Å². The van der Waals surface area contributed by atoms with Crippen LogP contribution in [0.3, 0.4) is 0 Å². The van der Waals surface area contributed by atoms with Gasteiger partial charge in [-0.2, -0.15) is 0 Å². The number of ether oxygens (including phenoxy) is 2. The van der Waals surface area contributed by atoms with Crippen molar-refractivity contribution in [2.24, 2.45) is 0 Å². The third kappa shape index (κ3) is 5.02. The van der Waals surface area contributed by atoms with E-state index in [-0.39, 0.29) is 0 Å². The maximum absolute atomic E-state index is 12.0. The number of halogens is 2. The summed E-state index contributed by atoms with van der Waals surface area (Å²) in [5.41, 5.74) is 2.26. The lowest BCUT2D eigenvalue weighted by molar-refractivity contribution is -0.137. The van der Waals surface area contributed by atoms with Crippen LogP contribution in [0, 0.1) is 0 Å². The molecule has 0 saturated carbocycles. The van der Waals surface area contributed by atoms with E-state index in [4.69, 9.17) is 32.7 Å². The van der Waals surface area contributed by atoms with Crippen molar-refractivity contribution in [3.05, 3.63) is 69.7 Å². The summed E-state index contributed by atoms with van der Waals surface area (Å²) in [6, 6.07) is 12.6. The summed E-state index contributed by atoms with van der Waals surface area (Å²) in [6.07, 6.45) is 1.45. The molecule has 5 heteroatoms. The highest BCUT2D eigenvalue weighted by atomic mass is 35.5. The number of carbonyl (C=O) groups is 1. The zero-order valence-corrected chi connectivity index (χ0v) is 15.0. The lowest BCUT2D eigenvalue weighted by Gasteiger charge is -2.11. The van der Waals surface area contributed by atoms with Crippen LogP contribution in [0.1, 0.15) is 25.0 Å². The van der Waals surface area contributed by atoms with Crippen LogP contribution in [-0.4, -0.2) is 19.2 Å².